The Bertz CT molecular complexity index is 732. The molecule has 1 fully saturated rings. The Kier molecular flexibility index (Phi) is 4.22. The van der Waals surface area contributed by atoms with E-state index in [1.54, 1.807) is 4.40 Å². The fourth-order valence-electron chi connectivity index (χ4n) is 2.98. The summed E-state index contributed by atoms with van der Waals surface area (Å²) in [7, 11) is 0. The van der Waals surface area contributed by atoms with E-state index in [2.05, 4.69) is 10.1 Å². The normalized spacial score (nSPS) is 17.1. The molecule has 2 aromatic heterocycles. The van der Waals surface area contributed by atoms with Crippen LogP contribution in [0.1, 0.15) is 18.4 Å². The fraction of sp³-hybridized carbons (Fsp3) is 0.429. The lowest BCUT2D eigenvalue weighted by atomic mass is 10.0. The summed E-state index contributed by atoms with van der Waals surface area (Å²) in [5.74, 6) is 11.4. The number of pyridine rings is 1. The van der Waals surface area contributed by atoms with Gasteiger partial charge in [-0.05, 0) is 25.0 Å². The van der Waals surface area contributed by atoms with Gasteiger partial charge in [-0.3, -0.25) is 9.41 Å². The molecule has 10 heteroatoms. The predicted octanol–water partition coefficient (Wildman–Crippen LogP) is 1.40. The number of hydrogen-bond acceptors (Lipinski definition) is 5. The number of nitrogens with zero attached hydrogens (tertiary/aromatic N) is 5. The van der Waals surface area contributed by atoms with Crippen molar-refractivity contribution < 1.29 is 13.2 Å². The molecule has 0 spiro atoms. The molecule has 0 amide bonds. The number of hydrazine groups is 1. The maximum absolute atomic E-state index is 13.1. The van der Waals surface area contributed by atoms with Gasteiger partial charge in [0.1, 0.15) is 18.5 Å². The molecule has 0 aliphatic carbocycles. The average molecular weight is 341 g/mol. The zero-order chi connectivity index (χ0) is 17.3. The van der Waals surface area contributed by atoms with Crippen LogP contribution in [0.5, 0.6) is 0 Å². The van der Waals surface area contributed by atoms with E-state index in [9.17, 15) is 13.2 Å². The number of fused-ring (bicyclic) bond motifs is 1. The molecule has 2 aromatic rings. The molecule has 3 heterocycles. The minimum absolute atomic E-state index is 0.0534. The summed E-state index contributed by atoms with van der Waals surface area (Å²) in [6.07, 6.45) is 1.27. The highest BCUT2D eigenvalue weighted by Crippen LogP contribution is 2.34. The maximum Gasteiger partial charge on any atom is 0.416 e. The number of aromatic nitrogens is 2. The molecule has 4 N–H and O–H groups in total. The Balaban J connectivity index is 1.86. The van der Waals surface area contributed by atoms with Crippen molar-refractivity contribution in [2.45, 2.75) is 25.1 Å². The summed E-state index contributed by atoms with van der Waals surface area (Å²) >= 11 is 0. The molecule has 0 bridgehead atoms. The monoisotopic (exact) mass is 341 g/mol. The van der Waals surface area contributed by atoms with Crippen molar-refractivity contribution in [3.63, 3.8) is 0 Å². The first kappa shape index (κ1) is 16.4. The molecule has 0 unspecified atom stereocenters. The second-order valence-electron chi connectivity index (χ2n) is 5.72. The van der Waals surface area contributed by atoms with Crippen LogP contribution in [-0.2, 0) is 6.18 Å². The van der Waals surface area contributed by atoms with E-state index in [1.165, 1.54) is 23.9 Å². The molecule has 1 saturated heterocycles. The molecule has 1 aliphatic rings. The summed E-state index contributed by atoms with van der Waals surface area (Å²) in [5.41, 5.74) is -0.263. The zero-order valence-corrected chi connectivity index (χ0v) is 12.8. The molecule has 0 atom stereocenters. The summed E-state index contributed by atoms with van der Waals surface area (Å²) < 4.78 is 41.0. The van der Waals surface area contributed by atoms with Crippen molar-refractivity contribution in [3.05, 3.63) is 30.2 Å². The number of halogens is 3. The Hall–Kier alpha value is -2.49. The van der Waals surface area contributed by atoms with E-state index in [1.807, 2.05) is 4.90 Å². The summed E-state index contributed by atoms with van der Waals surface area (Å²) in [5, 5.41) is 4.83. The van der Waals surface area contributed by atoms with E-state index in [4.69, 9.17) is 11.7 Å². The Morgan fingerprint density at radius 3 is 2.62 bits per heavy atom. The van der Waals surface area contributed by atoms with E-state index in [0.29, 0.717) is 37.3 Å². The van der Waals surface area contributed by atoms with Gasteiger partial charge in [0.15, 0.2) is 0 Å². The van der Waals surface area contributed by atoms with Crippen molar-refractivity contribution in [3.8, 4) is 0 Å². The number of alkyl halides is 3. The Morgan fingerprint density at radius 1 is 1.29 bits per heavy atom. The number of nitrogens with two attached hydrogens (primary N) is 2. The third kappa shape index (κ3) is 3.09. The minimum Gasteiger partial charge on any atom is -0.358 e. The van der Waals surface area contributed by atoms with Crippen LogP contribution >= 0.6 is 0 Å². The average Bonchev–Trinajstić information content (AvgIpc) is 3.02. The molecule has 0 saturated carbocycles. The van der Waals surface area contributed by atoms with E-state index in [0.717, 1.165) is 12.1 Å². The van der Waals surface area contributed by atoms with Crippen LogP contribution in [0.4, 0.5) is 19.0 Å². The van der Waals surface area contributed by atoms with Crippen molar-refractivity contribution >= 4 is 17.7 Å². The molecule has 3 rings (SSSR count). The van der Waals surface area contributed by atoms with Gasteiger partial charge in [0, 0.05) is 19.1 Å². The number of piperidine rings is 1. The van der Waals surface area contributed by atoms with Crippen LogP contribution in [0.25, 0.3) is 5.52 Å². The first-order valence-corrected chi connectivity index (χ1v) is 7.45. The van der Waals surface area contributed by atoms with E-state index in [-0.39, 0.29) is 6.04 Å². The molecular formula is C14H18F3N7. The van der Waals surface area contributed by atoms with Crippen LogP contribution in [0.15, 0.2) is 29.8 Å². The minimum atomic E-state index is -4.40. The highest BCUT2D eigenvalue weighted by Gasteiger charge is 2.33. The largest absolute Gasteiger partial charge is 0.416 e. The zero-order valence-electron chi connectivity index (χ0n) is 12.8. The van der Waals surface area contributed by atoms with Crippen molar-refractivity contribution in [2.24, 2.45) is 16.8 Å². The number of rotatable bonds is 3. The second kappa shape index (κ2) is 6.19. The van der Waals surface area contributed by atoms with Gasteiger partial charge in [0.25, 0.3) is 0 Å². The number of imidazole rings is 1. The number of anilines is 1. The SMILES string of the molecule is N/N=C\N(N)C1CCN(c2cc(C(F)(F)F)cc3cncn23)CC1. The molecule has 24 heavy (non-hydrogen) atoms. The molecule has 1 aliphatic heterocycles. The van der Waals surface area contributed by atoms with Gasteiger partial charge < -0.3 is 10.7 Å². The third-order valence-corrected chi connectivity index (χ3v) is 4.24. The first-order valence-electron chi connectivity index (χ1n) is 7.45. The molecule has 130 valence electrons. The van der Waals surface area contributed by atoms with Crippen LogP contribution < -0.4 is 16.6 Å². The van der Waals surface area contributed by atoms with Crippen molar-refractivity contribution in [1.82, 2.24) is 14.4 Å². The third-order valence-electron chi connectivity index (χ3n) is 4.24. The standard InChI is InChI=1S/C14H18F3N7/c15-14(16,17)10-5-12-7-20-8-23(12)13(6-10)22-3-1-11(2-4-22)24(19)9-21-18/h5-9,11H,1-4,18-19H2/b21-9-. The quantitative estimate of drug-likeness (QED) is 0.381. The molecule has 7 nitrogen and oxygen atoms in total. The number of hydrogen-bond donors (Lipinski definition) is 2. The predicted molar refractivity (Wildman–Crippen MR) is 84.1 cm³/mol. The van der Waals surface area contributed by atoms with Gasteiger partial charge >= 0.3 is 6.18 Å². The van der Waals surface area contributed by atoms with Gasteiger partial charge in [-0.25, -0.2) is 10.8 Å². The van der Waals surface area contributed by atoms with Crippen LogP contribution in [0.3, 0.4) is 0 Å². The Morgan fingerprint density at radius 2 is 2.00 bits per heavy atom. The van der Waals surface area contributed by atoms with Gasteiger partial charge in [0.2, 0.25) is 0 Å². The lowest BCUT2D eigenvalue weighted by Gasteiger charge is -2.36. The van der Waals surface area contributed by atoms with Crippen LogP contribution in [-0.4, -0.2) is 39.9 Å². The Labute approximate surface area is 136 Å². The molecular weight excluding hydrogens is 323 g/mol. The first-order chi connectivity index (χ1) is 11.4. The van der Waals surface area contributed by atoms with Gasteiger partial charge in [0.05, 0.1) is 17.3 Å². The van der Waals surface area contributed by atoms with Gasteiger partial charge in [-0.2, -0.15) is 18.3 Å². The van der Waals surface area contributed by atoms with E-state index >= 15 is 0 Å². The fourth-order valence-corrected chi connectivity index (χ4v) is 2.98. The summed E-state index contributed by atoms with van der Waals surface area (Å²) in [6.45, 7) is 1.15. The highest BCUT2D eigenvalue weighted by atomic mass is 19.4. The van der Waals surface area contributed by atoms with Crippen LogP contribution in [0, 0.1) is 0 Å². The van der Waals surface area contributed by atoms with Crippen molar-refractivity contribution in [2.75, 3.05) is 18.0 Å². The summed E-state index contributed by atoms with van der Waals surface area (Å²) in [4.78, 5) is 5.87. The lowest BCUT2D eigenvalue weighted by molar-refractivity contribution is -0.137. The summed E-state index contributed by atoms with van der Waals surface area (Å²) in [6, 6.07) is 2.32. The van der Waals surface area contributed by atoms with E-state index < -0.39 is 11.7 Å². The molecule has 0 aromatic carbocycles. The van der Waals surface area contributed by atoms with Crippen LogP contribution in [0.2, 0.25) is 0 Å². The molecule has 0 radical (unpaired) electrons. The second-order valence-corrected chi connectivity index (χ2v) is 5.72. The van der Waals surface area contributed by atoms with Crippen molar-refractivity contribution in [1.29, 1.82) is 0 Å². The number of hydrazone groups is 1. The van der Waals surface area contributed by atoms with Gasteiger partial charge in [-0.1, -0.05) is 0 Å². The smallest absolute Gasteiger partial charge is 0.358 e. The maximum atomic E-state index is 13.1. The van der Waals surface area contributed by atoms with Gasteiger partial charge in [-0.15, -0.1) is 0 Å². The highest BCUT2D eigenvalue weighted by molar-refractivity contribution is 5.58. The topological polar surface area (TPSA) is 88.2 Å². The lowest BCUT2D eigenvalue weighted by Crippen LogP contribution is -2.48.